The highest BCUT2D eigenvalue weighted by Crippen LogP contribution is 2.42. The Balaban J connectivity index is 1.86. The highest BCUT2D eigenvalue weighted by atomic mass is 32.1. The van der Waals surface area contributed by atoms with Crippen molar-refractivity contribution in [2.75, 3.05) is 11.4 Å². The third kappa shape index (κ3) is 2.77. The second kappa shape index (κ2) is 6.38. The molecule has 1 amide bonds. The summed E-state index contributed by atoms with van der Waals surface area (Å²) >= 11 is 3.39. The van der Waals surface area contributed by atoms with E-state index < -0.39 is 0 Å². The number of carbonyl (C=O) groups is 1. The number of fused-ring (bicyclic) bond motifs is 1. The third-order valence-electron chi connectivity index (χ3n) is 3.81. The van der Waals surface area contributed by atoms with Gasteiger partial charge in [-0.1, -0.05) is 18.3 Å². The molecule has 0 fully saturated rings. The maximum atomic E-state index is 12.4. The van der Waals surface area contributed by atoms with Gasteiger partial charge in [-0.2, -0.15) is 11.3 Å². The molecular weight excluding hydrogens is 314 g/mol. The Labute approximate surface area is 139 Å². The lowest BCUT2D eigenvalue weighted by Crippen LogP contribution is -2.48. The summed E-state index contributed by atoms with van der Waals surface area (Å²) < 4.78 is 0. The molecule has 0 saturated carbocycles. The summed E-state index contributed by atoms with van der Waals surface area (Å²) in [4.78, 5) is 19.4. The van der Waals surface area contributed by atoms with Crippen LogP contribution < -0.4 is 10.2 Å². The first kappa shape index (κ1) is 15.5. The molecule has 0 radical (unpaired) electrons. The molecular formula is C16H21N3OS2. The summed E-state index contributed by atoms with van der Waals surface area (Å²) in [7, 11) is 0. The van der Waals surface area contributed by atoms with E-state index in [2.05, 4.69) is 47.8 Å². The van der Waals surface area contributed by atoms with Gasteiger partial charge in [0, 0.05) is 30.0 Å². The molecule has 0 spiro atoms. The lowest BCUT2D eigenvalue weighted by Gasteiger charge is -2.29. The highest BCUT2D eigenvalue weighted by Gasteiger charge is 2.38. The Kier molecular flexibility index (Phi) is 4.49. The van der Waals surface area contributed by atoms with E-state index >= 15 is 0 Å². The highest BCUT2D eigenvalue weighted by molar-refractivity contribution is 7.19. The van der Waals surface area contributed by atoms with Crippen molar-refractivity contribution in [3.63, 3.8) is 0 Å². The SMILES string of the molecule is CCCNC(=O)[C@H]1Cc2nc(-c3ccsc3)sc2N1C(C)C. The molecule has 1 aliphatic heterocycles. The van der Waals surface area contributed by atoms with Crippen LogP contribution >= 0.6 is 22.7 Å². The van der Waals surface area contributed by atoms with Crippen LogP contribution in [0.2, 0.25) is 0 Å². The average molecular weight is 335 g/mol. The average Bonchev–Trinajstić information content (AvgIpc) is 3.17. The second-order valence-electron chi connectivity index (χ2n) is 5.79. The van der Waals surface area contributed by atoms with E-state index in [9.17, 15) is 4.79 Å². The van der Waals surface area contributed by atoms with Crippen molar-refractivity contribution in [1.82, 2.24) is 10.3 Å². The quantitative estimate of drug-likeness (QED) is 0.909. The number of nitrogens with one attached hydrogen (secondary N) is 1. The van der Waals surface area contributed by atoms with Gasteiger partial charge < -0.3 is 10.2 Å². The molecule has 22 heavy (non-hydrogen) atoms. The number of rotatable bonds is 5. The third-order valence-corrected chi connectivity index (χ3v) is 5.65. The fraction of sp³-hybridized carbons (Fsp3) is 0.500. The molecule has 2 aromatic rings. The largest absolute Gasteiger partial charge is 0.354 e. The fourth-order valence-corrected chi connectivity index (χ4v) is 4.78. The van der Waals surface area contributed by atoms with Gasteiger partial charge in [-0.25, -0.2) is 4.98 Å². The normalized spacial score (nSPS) is 17.1. The molecule has 3 rings (SSSR count). The molecule has 1 aliphatic rings. The first-order chi connectivity index (χ1) is 10.6. The molecule has 118 valence electrons. The van der Waals surface area contributed by atoms with E-state index in [1.54, 1.807) is 22.7 Å². The number of thiophene rings is 1. The number of hydrogen-bond acceptors (Lipinski definition) is 5. The summed E-state index contributed by atoms with van der Waals surface area (Å²) in [5.41, 5.74) is 2.25. The van der Waals surface area contributed by atoms with E-state index in [0.717, 1.165) is 28.7 Å². The van der Waals surface area contributed by atoms with Crippen LogP contribution in [-0.2, 0) is 11.2 Å². The fourth-order valence-electron chi connectivity index (χ4n) is 2.79. The van der Waals surface area contributed by atoms with Crippen molar-refractivity contribution in [2.45, 2.75) is 45.7 Å². The van der Waals surface area contributed by atoms with Gasteiger partial charge in [0.2, 0.25) is 5.91 Å². The van der Waals surface area contributed by atoms with Crippen LogP contribution in [0.5, 0.6) is 0 Å². The van der Waals surface area contributed by atoms with Crippen LogP contribution in [-0.4, -0.2) is 29.5 Å². The predicted molar refractivity (Wildman–Crippen MR) is 93.8 cm³/mol. The van der Waals surface area contributed by atoms with Gasteiger partial charge in [-0.3, -0.25) is 4.79 Å². The van der Waals surface area contributed by atoms with Crippen LogP contribution in [0.4, 0.5) is 5.00 Å². The summed E-state index contributed by atoms with van der Waals surface area (Å²) in [6.07, 6.45) is 1.67. The zero-order valence-corrected chi connectivity index (χ0v) is 14.8. The summed E-state index contributed by atoms with van der Waals surface area (Å²) in [5.74, 6) is 0.123. The van der Waals surface area contributed by atoms with Gasteiger partial charge >= 0.3 is 0 Å². The predicted octanol–water partition coefficient (Wildman–Crippen LogP) is 3.54. The molecule has 4 nitrogen and oxygen atoms in total. The number of hydrogen-bond donors (Lipinski definition) is 1. The molecule has 1 atom stereocenters. The smallest absolute Gasteiger partial charge is 0.243 e. The van der Waals surface area contributed by atoms with Gasteiger partial charge in [0.25, 0.3) is 0 Å². The second-order valence-corrected chi connectivity index (χ2v) is 7.55. The number of thiazole rings is 1. The first-order valence-corrected chi connectivity index (χ1v) is 9.46. The van der Waals surface area contributed by atoms with Crippen molar-refractivity contribution < 1.29 is 4.79 Å². The zero-order chi connectivity index (χ0) is 15.7. The topological polar surface area (TPSA) is 45.2 Å². The summed E-state index contributed by atoms with van der Waals surface area (Å²) in [6, 6.07) is 2.27. The van der Waals surface area contributed by atoms with Crippen LogP contribution in [0.15, 0.2) is 16.8 Å². The number of nitrogens with zero attached hydrogens (tertiary/aromatic N) is 2. The lowest BCUT2D eigenvalue weighted by atomic mass is 10.1. The van der Waals surface area contributed by atoms with Crippen molar-refractivity contribution in [1.29, 1.82) is 0 Å². The molecule has 0 saturated heterocycles. The van der Waals surface area contributed by atoms with E-state index in [1.165, 1.54) is 5.56 Å². The van der Waals surface area contributed by atoms with Crippen LogP contribution in [0, 0.1) is 0 Å². The number of amides is 1. The Bertz CT molecular complexity index is 648. The Hall–Kier alpha value is -1.40. The molecule has 0 aliphatic carbocycles. The van der Waals surface area contributed by atoms with Gasteiger partial charge in [-0.05, 0) is 31.7 Å². The standard InChI is InChI=1S/C16H21N3OS2/c1-4-6-17-14(20)13-8-12-16(19(13)10(2)3)22-15(18-12)11-5-7-21-9-11/h5,7,9-10,13H,4,6,8H2,1-3H3,(H,17,20)/t13-/m1/s1. The van der Waals surface area contributed by atoms with E-state index in [0.29, 0.717) is 6.42 Å². The lowest BCUT2D eigenvalue weighted by molar-refractivity contribution is -0.122. The van der Waals surface area contributed by atoms with Gasteiger partial charge in [-0.15, -0.1) is 0 Å². The molecule has 0 aromatic carbocycles. The van der Waals surface area contributed by atoms with E-state index in [4.69, 9.17) is 4.98 Å². The van der Waals surface area contributed by atoms with Gasteiger partial charge in [0.15, 0.2) is 0 Å². The minimum Gasteiger partial charge on any atom is -0.354 e. The molecule has 3 heterocycles. The zero-order valence-electron chi connectivity index (χ0n) is 13.1. The molecule has 2 aromatic heterocycles. The molecule has 6 heteroatoms. The van der Waals surface area contributed by atoms with Crippen molar-refractivity contribution in [2.24, 2.45) is 0 Å². The first-order valence-electron chi connectivity index (χ1n) is 7.70. The monoisotopic (exact) mass is 335 g/mol. The van der Waals surface area contributed by atoms with E-state index in [1.807, 2.05) is 0 Å². The summed E-state index contributed by atoms with van der Waals surface area (Å²) in [5, 5.41) is 9.44. The van der Waals surface area contributed by atoms with Crippen LogP contribution in [0.1, 0.15) is 32.9 Å². The minimum absolute atomic E-state index is 0.114. The van der Waals surface area contributed by atoms with Crippen LogP contribution in [0.25, 0.3) is 10.6 Å². The Morgan fingerprint density at radius 2 is 2.36 bits per heavy atom. The van der Waals surface area contributed by atoms with Crippen LogP contribution in [0.3, 0.4) is 0 Å². The van der Waals surface area contributed by atoms with Gasteiger partial charge in [0.05, 0.1) is 5.69 Å². The maximum Gasteiger partial charge on any atom is 0.243 e. The van der Waals surface area contributed by atoms with Crippen molar-refractivity contribution in [3.8, 4) is 10.6 Å². The molecule has 1 N–H and O–H groups in total. The minimum atomic E-state index is -0.114. The summed E-state index contributed by atoms with van der Waals surface area (Å²) in [6.45, 7) is 7.08. The number of anilines is 1. The molecule has 0 unspecified atom stereocenters. The number of carbonyl (C=O) groups excluding carboxylic acids is 1. The number of aromatic nitrogens is 1. The van der Waals surface area contributed by atoms with Crippen molar-refractivity contribution >= 4 is 33.6 Å². The Morgan fingerprint density at radius 1 is 1.55 bits per heavy atom. The maximum absolute atomic E-state index is 12.4. The Morgan fingerprint density at radius 3 is 3.00 bits per heavy atom. The molecule has 0 bridgehead atoms. The van der Waals surface area contributed by atoms with Crippen molar-refractivity contribution in [3.05, 3.63) is 22.5 Å². The van der Waals surface area contributed by atoms with Gasteiger partial charge in [0.1, 0.15) is 16.1 Å². The van der Waals surface area contributed by atoms with E-state index in [-0.39, 0.29) is 18.0 Å².